The van der Waals surface area contributed by atoms with Gasteiger partial charge in [0, 0.05) is 0 Å². The van der Waals surface area contributed by atoms with E-state index in [9.17, 15) is 4.79 Å². The molecule has 0 spiro atoms. The lowest BCUT2D eigenvalue weighted by Crippen LogP contribution is -2.01. The number of rotatable bonds is 6. The second-order valence-corrected chi connectivity index (χ2v) is 2.62. The van der Waals surface area contributed by atoms with Crippen LogP contribution in [0.5, 0.6) is 0 Å². The smallest absolute Gasteiger partial charge is 0.309 e. The predicted molar refractivity (Wildman–Crippen MR) is 49.9 cm³/mol. The second-order valence-electron chi connectivity index (χ2n) is 2.62. The fourth-order valence-corrected chi connectivity index (χ4v) is 0.839. The fraction of sp³-hybridized carbons (Fsp3) is 0.700. The van der Waals surface area contributed by atoms with Gasteiger partial charge in [-0.05, 0) is 13.3 Å². The maximum Gasteiger partial charge on any atom is 0.309 e. The van der Waals surface area contributed by atoms with Crippen LogP contribution in [0.2, 0.25) is 0 Å². The Balaban J connectivity index is 3.27. The molecule has 2 nitrogen and oxygen atoms in total. The molecule has 0 aliphatic rings. The average molecular weight is 170 g/mol. The van der Waals surface area contributed by atoms with Crippen molar-refractivity contribution in [2.75, 3.05) is 6.61 Å². The molecule has 0 aromatic rings. The minimum Gasteiger partial charge on any atom is -0.466 e. The molecule has 70 valence electrons. The van der Waals surface area contributed by atoms with Gasteiger partial charge in [0.25, 0.3) is 0 Å². The number of ether oxygens (including phenoxy) is 1. The largest absolute Gasteiger partial charge is 0.466 e. The molecular weight excluding hydrogens is 152 g/mol. The molecule has 0 radical (unpaired) electrons. The van der Waals surface area contributed by atoms with Crippen molar-refractivity contribution in [3.8, 4) is 0 Å². The third-order valence-electron chi connectivity index (χ3n) is 1.48. The molecule has 0 heterocycles. The molecule has 2 heteroatoms. The highest BCUT2D eigenvalue weighted by Crippen LogP contribution is 1.96. The van der Waals surface area contributed by atoms with E-state index in [1.54, 1.807) is 0 Å². The molecule has 0 bridgehead atoms. The van der Waals surface area contributed by atoms with E-state index in [1.807, 2.05) is 19.1 Å². The van der Waals surface area contributed by atoms with Gasteiger partial charge >= 0.3 is 5.97 Å². The van der Waals surface area contributed by atoms with E-state index in [2.05, 4.69) is 6.92 Å². The highest BCUT2D eigenvalue weighted by molar-refractivity contribution is 5.71. The van der Waals surface area contributed by atoms with Crippen molar-refractivity contribution >= 4 is 5.97 Å². The maximum absolute atomic E-state index is 10.8. The Labute approximate surface area is 74.6 Å². The van der Waals surface area contributed by atoms with Gasteiger partial charge in [-0.15, -0.1) is 0 Å². The van der Waals surface area contributed by atoms with Crippen LogP contribution < -0.4 is 0 Å². The molecule has 0 unspecified atom stereocenters. The van der Waals surface area contributed by atoms with Gasteiger partial charge in [-0.25, -0.2) is 0 Å². The number of hydrogen-bond donors (Lipinski definition) is 0. The van der Waals surface area contributed by atoms with Gasteiger partial charge in [0.2, 0.25) is 0 Å². The first-order valence-electron chi connectivity index (χ1n) is 4.61. The maximum atomic E-state index is 10.8. The summed E-state index contributed by atoms with van der Waals surface area (Å²) in [5.41, 5.74) is 0. The molecule has 0 aromatic carbocycles. The van der Waals surface area contributed by atoms with Gasteiger partial charge < -0.3 is 4.74 Å². The summed E-state index contributed by atoms with van der Waals surface area (Å²) in [5.74, 6) is -0.134. The quantitative estimate of drug-likeness (QED) is 0.348. The zero-order chi connectivity index (χ0) is 9.23. The molecule has 0 aromatic heterocycles. The predicted octanol–water partition coefficient (Wildman–Crippen LogP) is 2.69. The summed E-state index contributed by atoms with van der Waals surface area (Å²) in [4.78, 5) is 10.8. The summed E-state index contributed by atoms with van der Waals surface area (Å²) >= 11 is 0. The average Bonchev–Trinajstić information content (AvgIpc) is 2.05. The van der Waals surface area contributed by atoms with E-state index in [4.69, 9.17) is 4.74 Å². The minimum atomic E-state index is -0.134. The van der Waals surface area contributed by atoms with Crippen molar-refractivity contribution in [1.82, 2.24) is 0 Å². The monoisotopic (exact) mass is 170 g/mol. The van der Waals surface area contributed by atoms with Crippen LogP contribution in [-0.2, 0) is 9.53 Å². The van der Waals surface area contributed by atoms with Gasteiger partial charge in [-0.2, -0.15) is 0 Å². The summed E-state index contributed by atoms with van der Waals surface area (Å²) in [6.45, 7) is 4.44. The third-order valence-corrected chi connectivity index (χ3v) is 1.48. The van der Waals surface area contributed by atoms with Crippen molar-refractivity contribution in [2.45, 2.75) is 39.5 Å². The lowest BCUT2D eigenvalue weighted by atomic mass is 10.2. The Hall–Kier alpha value is -0.790. The zero-order valence-corrected chi connectivity index (χ0v) is 8.01. The Morgan fingerprint density at radius 2 is 2.08 bits per heavy atom. The molecule has 0 saturated heterocycles. The van der Waals surface area contributed by atoms with E-state index in [0.29, 0.717) is 13.0 Å². The number of esters is 1. The number of carbonyl (C=O) groups excluding carboxylic acids is 1. The van der Waals surface area contributed by atoms with Crippen molar-refractivity contribution < 1.29 is 9.53 Å². The molecule has 0 amide bonds. The summed E-state index contributed by atoms with van der Waals surface area (Å²) in [5, 5.41) is 0. The summed E-state index contributed by atoms with van der Waals surface area (Å²) in [6.07, 6.45) is 7.80. The van der Waals surface area contributed by atoms with Gasteiger partial charge in [0.05, 0.1) is 13.0 Å². The van der Waals surface area contributed by atoms with E-state index in [-0.39, 0.29) is 5.97 Å². The Bertz CT molecular complexity index is 139. The van der Waals surface area contributed by atoms with Crippen LogP contribution in [0.25, 0.3) is 0 Å². The lowest BCUT2D eigenvalue weighted by Gasteiger charge is -1.96. The first-order chi connectivity index (χ1) is 5.81. The van der Waals surface area contributed by atoms with Crippen molar-refractivity contribution in [1.29, 1.82) is 0 Å². The Kier molecular flexibility index (Phi) is 7.76. The van der Waals surface area contributed by atoms with Crippen molar-refractivity contribution in [3.63, 3.8) is 0 Å². The van der Waals surface area contributed by atoms with E-state index in [0.717, 1.165) is 6.42 Å². The number of allylic oxidation sites excluding steroid dienone is 1. The number of hydrogen-bond acceptors (Lipinski definition) is 2. The summed E-state index contributed by atoms with van der Waals surface area (Å²) in [7, 11) is 0. The molecule has 0 aliphatic carbocycles. The molecular formula is C10H18O2. The van der Waals surface area contributed by atoms with Crippen LogP contribution >= 0.6 is 0 Å². The van der Waals surface area contributed by atoms with E-state index >= 15 is 0 Å². The van der Waals surface area contributed by atoms with Crippen LogP contribution in [0.15, 0.2) is 12.2 Å². The standard InChI is InChI=1S/C10H18O2/c1-3-5-6-7-8-9-10(11)12-4-2/h7-8H,3-6,9H2,1-2H3. The third kappa shape index (κ3) is 7.32. The van der Waals surface area contributed by atoms with Gasteiger partial charge in [-0.3, -0.25) is 4.79 Å². The molecule has 0 N–H and O–H groups in total. The molecule has 0 saturated carbocycles. The number of carbonyl (C=O) groups is 1. The van der Waals surface area contributed by atoms with Crippen molar-refractivity contribution in [2.24, 2.45) is 0 Å². The van der Waals surface area contributed by atoms with Gasteiger partial charge in [-0.1, -0.05) is 31.9 Å². The van der Waals surface area contributed by atoms with Gasteiger partial charge in [0.15, 0.2) is 0 Å². The molecule has 12 heavy (non-hydrogen) atoms. The van der Waals surface area contributed by atoms with E-state index in [1.165, 1.54) is 12.8 Å². The normalized spacial score (nSPS) is 10.5. The Morgan fingerprint density at radius 1 is 1.33 bits per heavy atom. The van der Waals surface area contributed by atoms with Crippen LogP contribution in [0, 0.1) is 0 Å². The molecule has 0 rings (SSSR count). The van der Waals surface area contributed by atoms with Crippen LogP contribution in [0.1, 0.15) is 39.5 Å². The fourth-order valence-electron chi connectivity index (χ4n) is 0.839. The highest BCUT2D eigenvalue weighted by atomic mass is 16.5. The first kappa shape index (κ1) is 11.2. The topological polar surface area (TPSA) is 26.3 Å². The van der Waals surface area contributed by atoms with Crippen LogP contribution in [0.3, 0.4) is 0 Å². The molecule has 0 atom stereocenters. The first-order valence-corrected chi connectivity index (χ1v) is 4.61. The number of unbranched alkanes of at least 4 members (excludes halogenated alkanes) is 2. The second kappa shape index (κ2) is 8.31. The van der Waals surface area contributed by atoms with Gasteiger partial charge in [0.1, 0.15) is 0 Å². The van der Waals surface area contributed by atoms with Crippen molar-refractivity contribution in [3.05, 3.63) is 12.2 Å². The van der Waals surface area contributed by atoms with Crippen LogP contribution in [0.4, 0.5) is 0 Å². The van der Waals surface area contributed by atoms with E-state index < -0.39 is 0 Å². The lowest BCUT2D eigenvalue weighted by molar-refractivity contribution is -0.142. The molecule has 0 aliphatic heterocycles. The summed E-state index contributed by atoms with van der Waals surface area (Å²) in [6, 6.07) is 0. The SMILES string of the molecule is CCCCC=CCC(=O)OCC. The van der Waals surface area contributed by atoms with Crippen LogP contribution in [-0.4, -0.2) is 12.6 Å². The Morgan fingerprint density at radius 3 is 2.67 bits per heavy atom. The highest BCUT2D eigenvalue weighted by Gasteiger charge is 1.94. The summed E-state index contributed by atoms with van der Waals surface area (Å²) < 4.78 is 4.76. The zero-order valence-electron chi connectivity index (χ0n) is 8.01. The minimum absolute atomic E-state index is 0.134. The molecule has 0 fully saturated rings.